The van der Waals surface area contributed by atoms with Gasteiger partial charge in [-0.25, -0.2) is 4.79 Å². The first kappa shape index (κ1) is 16.3. The highest BCUT2D eigenvalue weighted by Gasteiger charge is 2.30. The van der Waals surface area contributed by atoms with Gasteiger partial charge in [0.15, 0.2) is 0 Å². The molecule has 5 heteroatoms. The molecule has 1 fully saturated rings. The predicted molar refractivity (Wildman–Crippen MR) is 92.9 cm³/mol. The second-order valence-electron chi connectivity index (χ2n) is 6.09. The number of nitrogens with zero attached hydrogens (tertiary/aromatic N) is 2. The van der Waals surface area contributed by atoms with Crippen molar-refractivity contribution >= 4 is 6.03 Å². The maximum absolute atomic E-state index is 12.6. The molecule has 0 unspecified atom stereocenters. The first-order valence-corrected chi connectivity index (χ1v) is 8.27. The van der Waals surface area contributed by atoms with Crippen LogP contribution in [0, 0.1) is 6.92 Å². The highest BCUT2D eigenvalue weighted by atomic mass is 16.5. The number of hydrogen-bond donors (Lipinski definition) is 1. The molecule has 0 saturated carbocycles. The van der Waals surface area contributed by atoms with Crippen molar-refractivity contribution in [3.63, 3.8) is 0 Å². The molecule has 1 N–H and O–H groups in total. The van der Waals surface area contributed by atoms with Crippen LogP contribution in [-0.2, 0) is 6.54 Å². The van der Waals surface area contributed by atoms with Crippen LogP contribution < -0.4 is 10.1 Å². The molecule has 1 aliphatic heterocycles. The molecule has 1 aromatic carbocycles. The Bertz CT molecular complexity index is 717. The van der Waals surface area contributed by atoms with Crippen LogP contribution >= 0.6 is 0 Å². The smallest absolute Gasteiger partial charge is 0.318 e. The number of carbonyl (C=O) groups is 1. The quantitative estimate of drug-likeness (QED) is 0.937. The number of rotatable bonds is 4. The van der Waals surface area contributed by atoms with Gasteiger partial charge in [0.05, 0.1) is 13.2 Å². The number of carbonyl (C=O) groups excluding carboxylic acids is 1. The second-order valence-corrected chi connectivity index (χ2v) is 6.09. The van der Waals surface area contributed by atoms with Crippen molar-refractivity contribution in [1.29, 1.82) is 0 Å². The Morgan fingerprint density at radius 3 is 3.08 bits per heavy atom. The molecule has 1 aromatic heterocycles. The van der Waals surface area contributed by atoms with Crippen molar-refractivity contribution in [1.82, 2.24) is 15.2 Å². The van der Waals surface area contributed by atoms with Crippen LogP contribution in [0.15, 0.2) is 42.7 Å². The molecule has 24 heavy (non-hydrogen) atoms. The van der Waals surface area contributed by atoms with E-state index in [1.807, 2.05) is 42.3 Å². The standard InChI is InChI=1S/C19H23N3O2/c1-14-12-20-9-8-16(14)13-21-19(23)22-10-4-7-18(22)15-5-3-6-17(11-15)24-2/h3,5-6,8-9,11-12,18H,4,7,10,13H2,1-2H3,(H,21,23)/t18-/m1/s1. The number of pyridine rings is 1. The molecule has 126 valence electrons. The number of urea groups is 1. The van der Waals surface area contributed by atoms with Gasteiger partial charge in [-0.3, -0.25) is 4.98 Å². The van der Waals surface area contributed by atoms with E-state index in [4.69, 9.17) is 4.74 Å². The minimum Gasteiger partial charge on any atom is -0.497 e. The van der Waals surface area contributed by atoms with Crippen molar-refractivity contribution in [3.8, 4) is 5.75 Å². The third-order valence-electron chi connectivity index (χ3n) is 4.56. The van der Waals surface area contributed by atoms with Crippen molar-refractivity contribution in [2.45, 2.75) is 32.4 Å². The lowest BCUT2D eigenvalue weighted by atomic mass is 10.0. The van der Waals surface area contributed by atoms with Gasteiger partial charge in [0.2, 0.25) is 0 Å². The van der Waals surface area contributed by atoms with Crippen molar-refractivity contribution in [2.24, 2.45) is 0 Å². The third-order valence-corrected chi connectivity index (χ3v) is 4.56. The van der Waals surface area contributed by atoms with Gasteiger partial charge in [-0.1, -0.05) is 12.1 Å². The minimum absolute atomic E-state index is 0.0171. The molecule has 2 heterocycles. The molecular weight excluding hydrogens is 302 g/mol. The number of benzene rings is 1. The number of hydrogen-bond acceptors (Lipinski definition) is 3. The first-order valence-electron chi connectivity index (χ1n) is 8.27. The van der Waals surface area contributed by atoms with Crippen molar-refractivity contribution in [2.75, 3.05) is 13.7 Å². The monoisotopic (exact) mass is 325 g/mol. The lowest BCUT2D eigenvalue weighted by Crippen LogP contribution is -2.39. The van der Waals surface area contributed by atoms with Crippen LogP contribution in [0.25, 0.3) is 0 Å². The zero-order valence-electron chi connectivity index (χ0n) is 14.2. The van der Waals surface area contributed by atoms with Gasteiger partial charge in [0, 0.05) is 25.5 Å². The number of likely N-dealkylation sites (tertiary alicyclic amines) is 1. The summed E-state index contributed by atoms with van der Waals surface area (Å²) >= 11 is 0. The Kier molecular flexibility index (Phi) is 4.99. The third kappa shape index (κ3) is 3.50. The van der Waals surface area contributed by atoms with Crippen LogP contribution in [0.5, 0.6) is 5.75 Å². The Labute approximate surface area is 142 Å². The van der Waals surface area contributed by atoms with E-state index in [2.05, 4.69) is 16.4 Å². The normalized spacial score (nSPS) is 16.9. The molecule has 1 aliphatic rings. The van der Waals surface area contributed by atoms with E-state index in [0.717, 1.165) is 41.8 Å². The summed E-state index contributed by atoms with van der Waals surface area (Å²) in [7, 11) is 1.66. The summed E-state index contributed by atoms with van der Waals surface area (Å²) in [5.41, 5.74) is 3.31. The number of aromatic nitrogens is 1. The lowest BCUT2D eigenvalue weighted by molar-refractivity contribution is 0.192. The average molecular weight is 325 g/mol. The molecule has 0 aliphatic carbocycles. The summed E-state index contributed by atoms with van der Waals surface area (Å²) in [6, 6.07) is 10.0. The van der Waals surface area contributed by atoms with Crippen molar-refractivity contribution < 1.29 is 9.53 Å². The largest absolute Gasteiger partial charge is 0.497 e. The molecule has 0 spiro atoms. The van der Waals surface area contributed by atoms with Gasteiger partial charge < -0.3 is 15.0 Å². The summed E-state index contributed by atoms with van der Waals surface area (Å²) in [6.45, 7) is 3.31. The average Bonchev–Trinajstić information content (AvgIpc) is 3.11. The topological polar surface area (TPSA) is 54.5 Å². The Balaban J connectivity index is 1.68. The maximum atomic E-state index is 12.6. The number of ether oxygens (including phenoxy) is 1. The van der Waals surface area contributed by atoms with E-state index in [1.165, 1.54) is 0 Å². The van der Waals surface area contributed by atoms with Crippen LogP contribution in [0.3, 0.4) is 0 Å². The van der Waals surface area contributed by atoms with Gasteiger partial charge >= 0.3 is 6.03 Å². The number of aryl methyl sites for hydroxylation is 1. The second kappa shape index (κ2) is 7.34. The summed E-state index contributed by atoms with van der Waals surface area (Å²) in [6.07, 6.45) is 5.57. The molecule has 2 amide bonds. The zero-order chi connectivity index (χ0) is 16.9. The molecule has 5 nitrogen and oxygen atoms in total. The van der Waals surface area contributed by atoms with Crippen LogP contribution in [0.4, 0.5) is 4.79 Å². The van der Waals surface area contributed by atoms with Crippen LogP contribution in [0.2, 0.25) is 0 Å². The summed E-state index contributed by atoms with van der Waals surface area (Å²) < 4.78 is 5.30. The summed E-state index contributed by atoms with van der Waals surface area (Å²) in [5.74, 6) is 0.826. The van der Waals surface area contributed by atoms with E-state index >= 15 is 0 Å². The van der Waals surface area contributed by atoms with Gasteiger partial charge in [0.25, 0.3) is 0 Å². The summed E-state index contributed by atoms with van der Waals surface area (Å²) in [5, 5.41) is 3.04. The number of nitrogens with one attached hydrogen (secondary N) is 1. The highest BCUT2D eigenvalue weighted by Crippen LogP contribution is 2.33. The van der Waals surface area contributed by atoms with Gasteiger partial charge in [-0.2, -0.15) is 0 Å². The minimum atomic E-state index is -0.0171. The predicted octanol–water partition coefficient (Wildman–Crippen LogP) is 3.45. The van der Waals surface area contributed by atoms with E-state index in [1.54, 1.807) is 13.3 Å². The maximum Gasteiger partial charge on any atom is 0.318 e. The molecule has 1 atom stereocenters. The van der Waals surface area contributed by atoms with E-state index in [9.17, 15) is 4.79 Å². The zero-order valence-corrected chi connectivity index (χ0v) is 14.2. The van der Waals surface area contributed by atoms with Gasteiger partial charge in [0.1, 0.15) is 5.75 Å². The fourth-order valence-corrected chi connectivity index (χ4v) is 3.18. The van der Waals surface area contributed by atoms with Gasteiger partial charge in [-0.15, -0.1) is 0 Å². The summed E-state index contributed by atoms with van der Waals surface area (Å²) in [4.78, 5) is 18.6. The molecule has 2 aromatic rings. The van der Waals surface area contributed by atoms with Gasteiger partial charge in [-0.05, 0) is 54.7 Å². The lowest BCUT2D eigenvalue weighted by Gasteiger charge is -2.25. The fourth-order valence-electron chi connectivity index (χ4n) is 3.18. The Morgan fingerprint density at radius 1 is 1.42 bits per heavy atom. The molecule has 1 saturated heterocycles. The van der Waals surface area contributed by atoms with E-state index < -0.39 is 0 Å². The van der Waals surface area contributed by atoms with E-state index in [0.29, 0.717) is 6.54 Å². The van der Waals surface area contributed by atoms with Crippen LogP contribution in [-0.4, -0.2) is 29.6 Å². The molecule has 0 radical (unpaired) electrons. The number of amides is 2. The molecule has 3 rings (SSSR count). The van der Waals surface area contributed by atoms with Crippen LogP contribution in [0.1, 0.15) is 35.6 Å². The Morgan fingerprint density at radius 2 is 2.29 bits per heavy atom. The molecular formula is C19H23N3O2. The van der Waals surface area contributed by atoms with Crippen molar-refractivity contribution in [3.05, 3.63) is 59.4 Å². The van der Waals surface area contributed by atoms with E-state index in [-0.39, 0.29) is 12.1 Å². The SMILES string of the molecule is COc1cccc([C@H]2CCCN2C(=O)NCc2ccncc2C)c1. The fraction of sp³-hybridized carbons (Fsp3) is 0.368. The molecule has 0 bridgehead atoms. The number of methoxy groups -OCH3 is 1. The highest BCUT2D eigenvalue weighted by molar-refractivity contribution is 5.75. The first-order chi connectivity index (χ1) is 11.7. The Hall–Kier alpha value is -2.56.